The summed E-state index contributed by atoms with van der Waals surface area (Å²) in [5.74, 6) is 0.0749. The molecule has 1 N–H and O–H groups in total. The van der Waals surface area contributed by atoms with E-state index in [4.69, 9.17) is 0 Å². The van der Waals surface area contributed by atoms with E-state index in [1.54, 1.807) is 13.1 Å². The van der Waals surface area contributed by atoms with Crippen LogP contribution in [0.1, 0.15) is 11.9 Å². The molecule has 0 aliphatic carbocycles. The van der Waals surface area contributed by atoms with Crippen LogP contribution in [0.25, 0.3) is 11.4 Å². The van der Waals surface area contributed by atoms with Gasteiger partial charge >= 0.3 is 0 Å². The smallest absolute Gasteiger partial charge is 0.211 e. The van der Waals surface area contributed by atoms with Crippen LogP contribution >= 0.6 is 11.3 Å². The minimum atomic E-state index is -3.17. The molecule has 0 radical (unpaired) electrons. The third-order valence-electron chi connectivity index (χ3n) is 2.30. The number of thiazole rings is 1. The molecule has 2 rings (SSSR count). The monoisotopic (exact) mass is 283 g/mol. The van der Waals surface area contributed by atoms with Crippen molar-refractivity contribution in [2.24, 2.45) is 0 Å². The molecule has 0 aromatic carbocycles. The van der Waals surface area contributed by atoms with Gasteiger partial charge in [-0.25, -0.2) is 18.1 Å². The number of sulfonamides is 1. The summed E-state index contributed by atoms with van der Waals surface area (Å²) < 4.78 is 25.1. The molecule has 0 spiro atoms. The fraction of sp³-hybridized carbons (Fsp3) is 0.273. The Labute approximate surface area is 110 Å². The van der Waals surface area contributed by atoms with Gasteiger partial charge in [0.05, 0.1) is 23.7 Å². The number of aromatic nitrogens is 2. The highest BCUT2D eigenvalue weighted by molar-refractivity contribution is 7.89. The highest BCUT2D eigenvalue weighted by Crippen LogP contribution is 2.19. The molecule has 0 fully saturated rings. The van der Waals surface area contributed by atoms with Crippen LogP contribution in [-0.4, -0.2) is 24.1 Å². The number of nitrogens with one attached hydrogen (secondary N) is 1. The molecule has 0 aliphatic heterocycles. The molecular weight excluding hydrogens is 270 g/mol. The van der Waals surface area contributed by atoms with Crippen LogP contribution in [0.4, 0.5) is 0 Å². The zero-order chi connectivity index (χ0) is 13.0. The van der Waals surface area contributed by atoms with Gasteiger partial charge in [0, 0.05) is 11.6 Å². The second kappa shape index (κ2) is 5.55. The number of hydrogen-bond donors (Lipinski definition) is 1. The summed E-state index contributed by atoms with van der Waals surface area (Å²) in [6.07, 6.45) is 1.70. The van der Waals surface area contributed by atoms with Crippen molar-refractivity contribution in [1.82, 2.24) is 14.7 Å². The van der Waals surface area contributed by atoms with Crippen LogP contribution in [-0.2, 0) is 16.6 Å². The standard InChI is InChI=1S/C11H13N3O2S2/c1-2-18(15,16)13-7-11-14-10(8-17-11)9-5-3-4-6-12-9/h3-6,8,13H,2,7H2,1H3. The molecule has 2 aromatic heterocycles. The van der Waals surface area contributed by atoms with Gasteiger partial charge in [-0.1, -0.05) is 6.07 Å². The molecule has 0 bridgehead atoms. The fourth-order valence-corrected chi connectivity index (χ4v) is 2.68. The molecule has 2 aromatic rings. The van der Waals surface area contributed by atoms with Crippen molar-refractivity contribution in [2.75, 3.05) is 5.75 Å². The lowest BCUT2D eigenvalue weighted by atomic mass is 10.3. The normalized spacial score (nSPS) is 11.6. The first-order chi connectivity index (χ1) is 8.61. The fourth-order valence-electron chi connectivity index (χ4n) is 1.30. The SMILES string of the molecule is CCS(=O)(=O)NCc1nc(-c2ccccn2)cs1. The zero-order valence-electron chi connectivity index (χ0n) is 9.83. The summed E-state index contributed by atoms with van der Waals surface area (Å²) in [7, 11) is -3.17. The molecule has 18 heavy (non-hydrogen) atoms. The Morgan fingerprint density at radius 1 is 1.33 bits per heavy atom. The van der Waals surface area contributed by atoms with Gasteiger partial charge in [-0.3, -0.25) is 4.98 Å². The van der Waals surface area contributed by atoms with Gasteiger partial charge in [0.1, 0.15) is 5.01 Å². The van der Waals surface area contributed by atoms with Crippen LogP contribution in [0.5, 0.6) is 0 Å². The number of rotatable bonds is 5. The molecule has 96 valence electrons. The highest BCUT2D eigenvalue weighted by Gasteiger charge is 2.09. The van der Waals surface area contributed by atoms with Gasteiger partial charge in [0.25, 0.3) is 0 Å². The van der Waals surface area contributed by atoms with Crippen molar-refractivity contribution in [1.29, 1.82) is 0 Å². The van der Waals surface area contributed by atoms with E-state index in [1.165, 1.54) is 11.3 Å². The third-order valence-corrected chi connectivity index (χ3v) is 4.50. The summed E-state index contributed by atoms with van der Waals surface area (Å²) in [6.45, 7) is 1.83. The molecule has 0 aliphatic rings. The van der Waals surface area contributed by atoms with E-state index in [0.29, 0.717) is 0 Å². The van der Waals surface area contributed by atoms with Gasteiger partial charge in [-0.05, 0) is 19.1 Å². The van der Waals surface area contributed by atoms with Crippen molar-refractivity contribution in [3.8, 4) is 11.4 Å². The number of hydrogen-bond acceptors (Lipinski definition) is 5. The Kier molecular flexibility index (Phi) is 4.05. The minimum Gasteiger partial charge on any atom is -0.255 e. The summed E-state index contributed by atoms with van der Waals surface area (Å²) in [5, 5.41) is 2.60. The first kappa shape index (κ1) is 13.1. The Morgan fingerprint density at radius 2 is 2.17 bits per heavy atom. The van der Waals surface area contributed by atoms with E-state index in [9.17, 15) is 8.42 Å². The van der Waals surface area contributed by atoms with E-state index in [2.05, 4.69) is 14.7 Å². The maximum atomic E-state index is 11.3. The minimum absolute atomic E-state index is 0.0749. The molecule has 2 heterocycles. The molecule has 0 amide bonds. The third kappa shape index (κ3) is 3.34. The van der Waals surface area contributed by atoms with Gasteiger partial charge in [0.15, 0.2) is 0 Å². The lowest BCUT2D eigenvalue weighted by molar-refractivity contribution is 0.582. The highest BCUT2D eigenvalue weighted by atomic mass is 32.2. The molecule has 0 unspecified atom stereocenters. The van der Waals surface area contributed by atoms with Crippen LogP contribution in [0.15, 0.2) is 29.8 Å². The Morgan fingerprint density at radius 3 is 2.83 bits per heavy atom. The van der Waals surface area contributed by atoms with Crippen LogP contribution in [0.3, 0.4) is 0 Å². The predicted molar refractivity (Wildman–Crippen MR) is 71.6 cm³/mol. The lowest BCUT2D eigenvalue weighted by Gasteiger charge is -2.00. The summed E-state index contributed by atoms with van der Waals surface area (Å²) in [4.78, 5) is 8.54. The summed E-state index contributed by atoms with van der Waals surface area (Å²) in [5.41, 5.74) is 1.56. The van der Waals surface area contributed by atoms with Crippen molar-refractivity contribution < 1.29 is 8.42 Å². The van der Waals surface area contributed by atoms with E-state index in [1.807, 2.05) is 23.6 Å². The maximum absolute atomic E-state index is 11.3. The van der Waals surface area contributed by atoms with Crippen LogP contribution in [0.2, 0.25) is 0 Å². The van der Waals surface area contributed by atoms with Crippen molar-refractivity contribution in [3.63, 3.8) is 0 Å². The van der Waals surface area contributed by atoms with Gasteiger partial charge in [-0.2, -0.15) is 0 Å². The molecule has 5 nitrogen and oxygen atoms in total. The average molecular weight is 283 g/mol. The van der Waals surface area contributed by atoms with Gasteiger partial charge in [-0.15, -0.1) is 11.3 Å². The van der Waals surface area contributed by atoms with Crippen LogP contribution in [0, 0.1) is 0 Å². The Hall–Kier alpha value is -1.31. The largest absolute Gasteiger partial charge is 0.255 e. The summed E-state index contributed by atoms with van der Waals surface area (Å²) >= 11 is 1.42. The topological polar surface area (TPSA) is 72.0 Å². The lowest BCUT2D eigenvalue weighted by Crippen LogP contribution is -2.24. The molecule has 0 saturated heterocycles. The quantitative estimate of drug-likeness (QED) is 0.905. The molecule has 0 saturated carbocycles. The van der Waals surface area contributed by atoms with Crippen LogP contribution < -0.4 is 4.72 Å². The van der Waals surface area contributed by atoms with E-state index >= 15 is 0 Å². The number of pyridine rings is 1. The average Bonchev–Trinajstić information content (AvgIpc) is 2.86. The van der Waals surface area contributed by atoms with E-state index in [0.717, 1.165) is 16.4 Å². The van der Waals surface area contributed by atoms with Crippen molar-refractivity contribution in [2.45, 2.75) is 13.5 Å². The first-order valence-corrected chi connectivity index (χ1v) is 7.97. The maximum Gasteiger partial charge on any atom is 0.211 e. The van der Waals surface area contributed by atoms with Crippen molar-refractivity contribution in [3.05, 3.63) is 34.8 Å². The van der Waals surface area contributed by atoms with Gasteiger partial charge < -0.3 is 0 Å². The van der Waals surface area contributed by atoms with E-state index < -0.39 is 10.0 Å². The Balaban J connectivity index is 2.08. The second-order valence-electron chi connectivity index (χ2n) is 3.57. The van der Waals surface area contributed by atoms with E-state index in [-0.39, 0.29) is 12.3 Å². The summed E-state index contributed by atoms with van der Waals surface area (Å²) in [6, 6.07) is 5.60. The second-order valence-corrected chi connectivity index (χ2v) is 6.60. The molecule has 0 atom stereocenters. The zero-order valence-corrected chi connectivity index (χ0v) is 11.5. The van der Waals surface area contributed by atoms with Crippen molar-refractivity contribution >= 4 is 21.4 Å². The predicted octanol–water partition coefficient (Wildman–Crippen LogP) is 1.64. The number of nitrogens with zero attached hydrogens (tertiary/aromatic N) is 2. The Bertz CT molecular complexity index is 608. The first-order valence-electron chi connectivity index (χ1n) is 5.44. The molecular formula is C11H13N3O2S2. The molecule has 7 heteroatoms. The van der Waals surface area contributed by atoms with Gasteiger partial charge in [0.2, 0.25) is 10.0 Å².